The summed E-state index contributed by atoms with van der Waals surface area (Å²) in [6.45, 7) is 5.35. The second-order valence-corrected chi connectivity index (χ2v) is 10.3. The van der Waals surface area contributed by atoms with E-state index in [1.807, 2.05) is 23.1 Å². The van der Waals surface area contributed by atoms with Gasteiger partial charge in [0, 0.05) is 22.6 Å². The predicted molar refractivity (Wildman–Crippen MR) is 133 cm³/mol. The van der Waals surface area contributed by atoms with Crippen molar-refractivity contribution in [1.29, 1.82) is 0 Å². The monoisotopic (exact) mass is 491 g/mol. The maximum atomic E-state index is 13.6. The number of hydrogen-bond donors (Lipinski definition) is 0. The quantitative estimate of drug-likeness (QED) is 0.337. The molecule has 170 valence electrons. The molecule has 2 aromatic carbocycles. The fraction of sp³-hybridized carbons (Fsp3) is 0.440. The predicted octanol–water partition coefficient (Wildman–Crippen LogP) is 7.80. The summed E-state index contributed by atoms with van der Waals surface area (Å²) < 4.78 is 2.31. The number of carbonyl (C=O) groups excluding carboxylic acids is 1. The van der Waals surface area contributed by atoms with Crippen LogP contribution in [0, 0.1) is 5.92 Å². The highest BCUT2D eigenvalue weighted by atomic mass is 35.5. The number of aromatic nitrogens is 2. The van der Waals surface area contributed by atoms with Crippen LogP contribution in [0.25, 0.3) is 11.0 Å². The molecule has 1 fully saturated rings. The number of imidazole rings is 1. The molecule has 1 aromatic heterocycles. The lowest BCUT2D eigenvalue weighted by Gasteiger charge is -2.26. The Morgan fingerprint density at radius 3 is 2.50 bits per heavy atom. The number of benzene rings is 2. The van der Waals surface area contributed by atoms with Gasteiger partial charge in [-0.15, -0.1) is 0 Å². The van der Waals surface area contributed by atoms with Crippen molar-refractivity contribution in [3.8, 4) is 0 Å². The highest BCUT2D eigenvalue weighted by Gasteiger charge is 2.26. The molecule has 1 aliphatic carbocycles. The van der Waals surface area contributed by atoms with Gasteiger partial charge in [-0.2, -0.15) is 0 Å². The zero-order valence-electron chi connectivity index (χ0n) is 18.5. The lowest BCUT2D eigenvalue weighted by molar-refractivity contribution is 0.0728. The molecule has 0 spiro atoms. The summed E-state index contributed by atoms with van der Waals surface area (Å²) in [5.74, 6) is 1.23. The minimum absolute atomic E-state index is 0.124. The standard InChI is InChI=1S/C25H28Cl3N3O/c1-16(2)11-12-30(25(32)20-13-17(26)7-9-21(20)28)15-24-29-22-10-8-18(27)14-23(22)31(24)19-5-3-4-6-19/h7-10,13-14,16,19H,3-6,11-12,15H2,1-2H3. The molecule has 4 rings (SSSR count). The number of halogens is 3. The normalized spacial score (nSPS) is 14.6. The number of nitrogens with zero attached hydrogens (tertiary/aromatic N) is 3. The Bertz CT molecular complexity index is 1120. The van der Waals surface area contributed by atoms with Gasteiger partial charge in [0.15, 0.2) is 0 Å². The molecule has 1 amide bonds. The van der Waals surface area contributed by atoms with Gasteiger partial charge in [-0.3, -0.25) is 4.79 Å². The van der Waals surface area contributed by atoms with Crippen LogP contribution >= 0.6 is 34.8 Å². The molecule has 1 aliphatic rings. The Labute approximate surface area is 204 Å². The minimum Gasteiger partial charge on any atom is -0.331 e. The van der Waals surface area contributed by atoms with E-state index < -0.39 is 0 Å². The van der Waals surface area contributed by atoms with Crippen molar-refractivity contribution >= 4 is 51.7 Å². The van der Waals surface area contributed by atoms with Gasteiger partial charge in [0.05, 0.1) is 28.2 Å². The van der Waals surface area contributed by atoms with Crippen molar-refractivity contribution in [2.75, 3.05) is 6.54 Å². The van der Waals surface area contributed by atoms with Crippen molar-refractivity contribution < 1.29 is 4.79 Å². The second kappa shape index (κ2) is 10.0. The molecule has 0 saturated heterocycles. The molecule has 7 heteroatoms. The van der Waals surface area contributed by atoms with E-state index in [-0.39, 0.29) is 5.91 Å². The van der Waals surface area contributed by atoms with Crippen molar-refractivity contribution in [2.45, 2.75) is 58.5 Å². The average molecular weight is 493 g/mol. The molecule has 32 heavy (non-hydrogen) atoms. The van der Waals surface area contributed by atoms with Gasteiger partial charge in [0.2, 0.25) is 0 Å². The maximum Gasteiger partial charge on any atom is 0.255 e. The highest BCUT2D eigenvalue weighted by Crippen LogP contribution is 2.35. The summed E-state index contributed by atoms with van der Waals surface area (Å²) in [6.07, 6.45) is 5.53. The minimum atomic E-state index is -0.124. The summed E-state index contributed by atoms with van der Waals surface area (Å²) in [7, 11) is 0. The SMILES string of the molecule is CC(C)CCN(Cc1nc2ccc(Cl)cc2n1C1CCCC1)C(=O)c1cc(Cl)ccc1Cl. The van der Waals surface area contributed by atoms with E-state index >= 15 is 0 Å². The van der Waals surface area contributed by atoms with Crippen LogP contribution in [0.15, 0.2) is 36.4 Å². The fourth-order valence-corrected chi connectivity index (χ4v) is 5.00. The van der Waals surface area contributed by atoms with Gasteiger partial charge < -0.3 is 9.47 Å². The van der Waals surface area contributed by atoms with E-state index in [1.54, 1.807) is 18.2 Å². The van der Waals surface area contributed by atoms with Crippen LogP contribution in [-0.2, 0) is 6.54 Å². The van der Waals surface area contributed by atoms with E-state index in [4.69, 9.17) is 39.8 Å². The van der Waals surface area contributed by atoms with Crippen molar-refractivity contribution in [3.05, 3.63) is 62.9 Å². The third-order valence-corrected chi connectivity index (χ3v) is 6.97. The number of carbonyl (C=O) groups is 1. The van der Waals surface area contributed by atoms with E-state index in [0.717, 1.165) is 36.1 Å². The Balaban J connectivity index is 1.74. The molecule has 0 N–H and O–H groups in total. The molecule has 0 aliphatic heterocycles. The zero-order chi connectivity index (χ0) is 22.8. The third kappa shape index (κ3) is 5.08. The van der Waals surface area contributed by atoms with Gasteiger partial charge in [-0.1, -0.05) is 61.5 Å². The first-order valence-electron chi connectivity index (χ1n) is 11.2. The summed E-state index contributed by atoms with van der Waals surface area (Å²) in [4.78, 5) is 20.3. The van der Waals surface area contributed by atoms with Gasteiger partial charge in [-0.25, -0.2) is 4.98 Å². The molecule has 3 aromatic rings. The Morgan fingerprint density at radius 2 is 1.78 bits per heavy atom. The first-order valence-corrected chi connectivity index (χ1v) is 12.4. The average Bonchev–Trinajstić information content (AvgIpc) is 3.39. The van der Waals surface area contributed by atoms with Crippen LogP contribution in [-0.4, -0.2) is 26.9 Å². The summed E-state index contributed by atoms with van der Waals surface area (Å²) in [5.41, 5.74) is 2.37. The lowest BCUT2D eigenvalue weighted by atomic mass is 10.1. The van der Waals surface area contributed by atoms with Crippen LogP contribution in [0.1, 0.15) is 68.2 Å². The second-order valence-electron chi connectivity index (χ2n) is 9.00. The number of hydrogen-bond acceptors (Lipinski definition) is 2. The number of rotatable bonds is 7. The van der Waals surface area contributed by atoms with Gasteiger partial charge in [-0.05, 0) is 61.6 Å². The largest absolute Gasteiger partial charge is 0.331 e. The molecule has 1 saturated carbocycles. The fourth-order valence-electron chi connectivity index (χ4n) is 4.47. The van der Waals surface area contributed by atoms with Crippen molar-refractivity contribution in [1.82, 2.24) is 14.5 Å². The van der Waals surface area contributed by atoms with Gasteiger partial charge in [0.1, 0.15) is 5.82 Å². The van der Waals surface area contributed by atoms with Gasteiger partial charge in [0.25, 0.3) is 5.91 Å². The smallest absolute Gasteiger partial charge is 0.255 e. The van der Waals surface area contributed by atoms with Gasteiger partial charge >= 0.3 is 0 Å². The van der Waals surface area contributed by atoms with Crippen molar-refractivity contribution in [3.63, 3.8) is 0 Å². The number of amides is 1. The lowest BCUT2D eigenvalue weighted by Crippen LogP contribution is -2.33. The Morgan fingerprint density at radius 1 is 1.09 bits per heavy atom. The topological polar surface area (TPSA) is 38.1 Å². The van der Waals surface area contributed by atoms with Crippen LogP contribution in [0.4, 0.5) is 0 Å². The van der Waals surface area contributed by atoms with Crippen molar-refractivity contribution in [2.24, 2.45) is 5.92 Å². The molecule has 0 bridgehead atoms. The Hall–Kier alpha value is -1.75. The molecule has 0 radical (unpaired) electrons. The first kappa shape index (κ1) is 23.4. The van der Waals surface area contributed by atoms with Crippen LogP contribution in [0.3, 0.4) is 0 Å². The summed E-state index contributed by atoms with van der Waals surface area (Å²) in [6, 6.07) is 11.2. The molecular formula is C25H28Cl3N3O. The summed E-state index contributed by atoms with van der Waals surface area (Å²) in [5, 5.41) is 1.60. The zero-order valence-corrected chi connectivity index (χ0v) is 20.7. The van der Waals surface area contributed by atoms with Crippen LogP contribution < -0.4 is 0 Å². The molecule has 4 nitrogen and oxygen atoms in total. The molecule has 1 heterocycles. The van der Waals surface area contributed by atoms with E-state index in [9.17, 15) is 4.79 Å². The van der Waals surface area contributed by atoms with Crippen LogP contribution in [0.2, 0.25) is 15.1 Å². The number of fused-ring (bicyclic) bond motifs is 1. The summed E-state index contributed by atoms with van der Waals surface area (Å²) >= 11 is 18.9. The molecular weight excluding hydrogens is 465 g/mol. The molecule has 0 atom stereocenters. The van der Waals surface area contributed by atoms with E-state index in [2.05, 4.69) is 18.4 Å². The third-order valence-electron chi connectivity index (χ3n) is 6.17. The van der Waals surface area contributed by atoms with E-state index in [0.29, 0.717) is 45.7 Å². The maximum absolute atomic E-state index is 13.6. The highest BCUT2D eigenvalue weighted by molar-refractivity contribution is 6.35. The molecule has 0 unspecified atom stereocenters. The van der Waals surface area contributed by atoms with Crippen LogP contribution in [0.5, 0.6) is 0 Å². The Kier molecular flexibility index (Phi) is 7.34. The van der Waals surface area contributed by atoms with E-state index in [1.165, 1.54) is 12.8 Å². The first-order chi connectivity index (χ1) is 15.3.